The Morgan fingerprint density at radius 1 is 1.43 bits per heavy atom. The van der Waals surface area contributed by atoms with Gasteiger partial charge in [0.25, 0.3) is 0 Å². The van der Waals surface area contributed by atoms with Gasteiger partial charge in [0.05, 0.1) is 12.7 Å². The number of carbonyl (C=O) groups is 1. The molecule has 2 aromatic rings. The van der Waals surface area contributed by atoms with Crippen LogP contribution < -0.4 is 5.32 Å². The van der Waals surface area contributed by atoms with E-state index in [-0.39, 0.29) is 5.91 Å². The second-order valence-corrected chi connectivity index (χ2v) is 7.21. The van der Waals surface area contributed by atoms with Crippen molar-refractivity contribution in [3.05, 3.63) is 40.3 Å². The molecule has 0 saturated carbocycles. The summed E-state index contributed by atoms with van der Waals surface area (Å²) in [6.45, 7) is 3.21. The third-order valence-electron chi connectivity index (χ3n) is 4.42. The van der Waals surface area contributed by atoms with Crippen LogP contribution in [-0.2, 0) is 18.3 Å². The van der Waals surface area contributed by atoms with Gasteiger partial charge in [-0.05, 0) is 55.3 Å². The summed E-state index contributed by atoms with van der Waals surface area (Å²) in [7, 11) is 1.96. The fourth-order valence-corrected chi connectivity index (χ4v) is 3.82. The first-order valence-corrected chi connectivity index (χ1v) is 9.08. The third-order valence-corrected chi connectivity index (χ3v) is 5.36. The molecule has 0 aliphatic carbocycles. The van der Waals surface area contributed by atoms with Gasteiger partial charge in [0, 0.05) is 24.7 Å². The number of likely N-dealkylation sites (tertiary alicyclic amines) is 1. The standard InChI is InChI=1S/C17H24N4OS/c1-20-12-15(11-19-20)14-5-8-21(9-6-14)13-17(22)18-7-4-16-3-2-10-23-16/h2-3,10-12,14H,4-9,13H2,1H3,(H,18,22). The van der Waals surface area contributed by atoms with Gasteiger partial charge in [-0.1, -0.05) is 6.07 Å². The zero-order chi connectivity index (χ0) is 16.1. The molecule has 0 atom stereocenters. The number of carbonyl (C=O) groups excluding carboxylic acids is 1. The highest BCUT2D eigenvalue weighted by Gasteiger charge is 2.22. The molecule has 1 amide bonds. The van der Waals surface area contributed by atoms with Crippen LogP contribution in [0.5, 0.6) is 0 Å². The number of hydrogen-bond acceptors (Lipinski definition) is 4. The van der Waals surface area contributed by atoms with Crippen LogP contribution in [-0.4, -0.2) is 46.8 Å². The van der Waals surface area contributed by atoms with Gasteiger partial charge >= 0.3 is 0 Å². The molecule has 0 spiro atoms. The van der Waals surface area contributed by atoms with E-state index in [2.05, 4.69) is 33.0 Å². The molecule has 0 bridgehead atoms. The van der Waals surface area contributed by atoms with Crippen molar-refractivity contribution in [1.82, 2.24) is 20.0 Å². The van der Waals surface area contributed by atoms with Crippen LogP contribution in [0.15, 0.2) is 29.9 Å². The lowest BCUT2D eigenvalue weighted by Crippen LogP contribution is -2.41. The van der Waals surface area contributed by atoms with Crippen LogP contribution in [0.4, 0.5) is 0 Å². The van der Waals surface area contributed by atoms with Crippen molar-refractivity contribution in [2.75, 3.05) is 26.2 Å². The van der Waals surface area contributed by atoms with Crippen molar-refractivity contribution in [2.45, 2.75) is 25.2 Å². The number of rotatable bonds is 6. The minimum absolute atomic E-state index is 0.140. The molecule has 23 heavy (non-hydrogen) atoms. The molecule has 5 nitrogen and oxygen atoms in total. The van der Waals surface area contributed by atoms with Crippen LogP contribution in [0.1, 0.15) is 29.2 Å². The summed E-state index contributed by atoms with van der Waals surface area (Å²) in [6.07, 6.45) is 7.21. The highest BCUT2D eigenvalue weighted by molar-refractivity contribution is 7.09. The normalized spacial score (nSPS) is 16.6. The van der Waals surface area contributed by atoms with Crippen molar-refractivity contribution in [3.8, 4) is 0 Å². The Bertz CT molecular complexity index is 614. The Morgan fingerprint density at radius 2 is 2.26 bits per heavy atom. The van der Waals surface area contributed by atoms with Crippen molar-refractivity contribution in [3.63, 3.8) is 0 Å². The maximum Gasteiger partial charge on any atom is 0.234 e. The number of piperidine rings is 1. The van der Waals surface area contributed by atoms with E-state index in [9.17, 15) is 4.79 Å². The maximum absolute atomic E-state index is 12.0. The first-order valence-electron chi connectivity index (χ1n) is 8.20. The van der Waals surface area contributed by atoms with Gasteiger partial charge in [0.15, 0.2) is 0 Å². The van der Waals surface area contributed by atoms with E-state index >= 15 is 0 Å². The van der Waals surface area contributed by atoms with Gasteiger partial charge in [0.1, 0.15) is 0 Å². The molecule has 0 aromatic carbocycles. The van der Waals surface area contributed by atoms with Gasteiger partial charge in [0.2, 0.25) is 5.91 Å². The van der Waals surface area contributed by atoms with Crippen LogP contribution in [0.3, 0.4) is 0 Å². The molecular weight excluding hydrogens is 308 g/mol. The maximum atomic E-state index is 12.0. The van der Waals surface area contributed by atoms with Crippen molar-refractivity contribution in [1.29, 1.82) is 0 Å². The average molecular weight is 332 g/mol. The van der Waals surface area contributed by atoms with E-state index in [0.29, 0.717) is 12.5 Å². The van der Waals surface area contributed by atoms with Gasteiger partial charge in [-0.3, -0.25) is 14.4 Å². The molecule has 1 saturated heterocycles. The van der Waals surface area contributed by atoms with Crippen LogP contribution in [0, 0.1) is 0 Å². The van der Waals surface area contributed by atoms with Crippen LogP contribution in [0.2, 0.25) is 0 Å². The lowest BCUT2D eigenvalue weighted by atomic mass is 9.91. The Morgan fingerprint density at radius 3 is 2.91 bits per heavy atom. The lowest BCUT2D eigenvalue weighted by Gasteiger charge is -2.30. The fraction of sp³-hybridized carbons (Fsp3) is 0.529. The molecule has 0 radical (unpaired) electrons. The van der Waals surface area contributed by atoms with E-state index in [0.717, 1.165) is 38.9 Å². The number of amides is 1. The molecule has 3 rings (SSSR count). The summed E-state index contributed by atoms with van der Waals surface area (Å²) in [6, 6.07) is 4.16. The molecule has 1 aliphatic rings. The highest BCUT2D eigenvalue weighted by atomic mass is 32.1. The summed E-state index contributed by atoms with van der Waals surface area (Å²) >= 11 is 1.74. The van der Waals surface area contributed by atoms with E-state index in [1.807, 2.05) is 24.0 Å². The van der Waals surface area contributed by atoms with E-state index < -0.39 is 0 Å². The number of nitrogens with zero attached hydrogens (tertiary/aromatic N) is 3. The zero-order valence-electron chi connectivity index (χ0n) is 13.6. The topological polar surface area (TPSA) is 50.2 Å². The molecule has 1 N–H and O–H groups in total. The summed E-state index contributed by atoms with van der Waals surface area (Å²) < 4.78 is 1.86. The smallest absolute Gasteiger partial charge is 0.234 e. The zero-order valence-corrected chi connectivity index (χ0v) is 14.4. The van der Waals surface area contributed by atoms with Crippen molar-refractivity contribution < 1.29 is 4.79 Å². The second-order valence-electron chi connectivity index (χ2n) is 6.18. The molecule has 0 unspecified atom stereocenters. The Balaban J connectivity index is 1.35. The summed E-state index contributed by atoms with van der Waals surface area (Å²) in [5, 5.41) is 9.35. The SMILES string of the molecule is Cn1cc(C2CCN(CC(=O)NCCc3cccs3)CC2)cn1. The second kappa shape index (κ2) is 7.75. The quantitative estimate of drug-likeness (QED) is 0.880. The number of aromatic nitrogens is 2. The molecule has 3 heterocycles. The first-order chi connectivity index (χ1) is 11.2. The molecular formula is C17H24N4OS. The Kier molecular flexibility index (Phi) is 5.46. The van der Waals surface area contributed by atoms with E-state index in [1.54, 1.807) is 11.3 Å². The summed E-state index contributed by atoms with van der Waals surface area (Å²) in [5.74, 6) is 0.725. The predicted octanol–water partition coefficient (Wildman–Crippen LogP) is 2.02. The highest BCUT2D eigenvalue weighted by Crippen LogP contribution is 2.27. The summed E-state index contributed by atoms with van der Waals surface area (Å²) in [5.41, 5.74) is 1.33. The summed E-state index contributed by atoms with van der Waals surface area (Å²) in [4.78, 5) is 15.6. The minimum Gasteiger partial charge on any atom is -0.355 e. The fourth-order valence-electron chi connectivity index (χ4n) is 3.11. The van der Waals surface area contributed by atoms with Gasteiger partial charge in [-0.2, -0.15) is 5.10 Å². The molecule has 6 heteroatoms. The number of nitrogens with one attached hydrogen (secondary N) is 1. The largest absolute Gasteiger partial charge is 0.355 e. The van der Waals surface area contributed by atoms with Crippen molar-refractivity contribution >= 4 is 17.2 Å². The van der Waals surface area contributed by atoms with E-state index in [4.69, 9.17) is 0 Å². The Labute approximate surface area is 141 Å². The predicted molar refractivity (Wildman–Crippen MR) is 92.7 cm³/mol. The van der Waals surface area contributed by atoms with Crippen molar-refractivity contribution in [2.24, 2.45) is 7.05 Å². The molecule has 1 fully saturated rings. The average Bonchev–Trinajstić information content (AvgIpc) is 3.20. The monoisotopic (exact) mass is 332 g/mol. The van der Waals surface area contributed by atoms with Gasteiger partial charge in [-0.25, -0.2) is 0 Å². The van der Waals surface area contributed by atoms with Crippen LogP contribution in [0.25, 0.3) is 0 Å². The van der Waals surface area contributed by atoms with Gasteiger partial charge in [-0.15, -0.1) is 11.3 Å². The molecule has 1 aliphatic heterocycles. The number of hydrogen-bond donors (Lipinski definition) is 1. The Hall–Kier alpha value is -1.66. The minimum atomic E-state index is 0.140. The molecule has 124 valence electrons. The van der Waals surface area contributed by atoms with Gasteiger partial charge < -0.3 is 5.32 Å². The number of aryl methyl sites for hydroxylation is 1. The number of thiophene rings is 1. The first kappa shape index (κ1) is 16.2. The lowest BCUT2D eigenvalue weighted by molar-refractivity contribution is -0.122. The van der Waals surface area contributed by atoms with E-state index in [1.165, 1.54) is 10.4 Å². The van der Waals surface area contributed by atoms with Crippen LogP contribution >= 0.6 is 11.3 Å². The molecule has 2 aromatic heterocycles. The third kappa shape index (κ3) is 4.65.